The third-order valence-corrected chi connectivity index (χ3v) is 6.16. The van der Waals surface area contributed by atoms with E-state index in [1.165, 1.54) is 22.2 Å². The molecule has 0 aromatic heterocycles. The number of rotatable bonds is 6. The molecule has 1 heterocycles. The number of amides is 1. The third-order valence-electron chi connectivity index (χ3n) is 4.08. The molecule has 0 aliphatic carbocycles. The minimum atomic E-state index is -0.0937. The molecule has 7 heteroatoms. The van der Waals surface area contributed by atoms with Gasteiger partial charge in [0.15, 0.2) is 11.5 Å². The molecule has 0 N–H and O–H groups in total. The van der Waals surface area contributed by atoms with Gasteiger partial charge in [0.25, 0.3) is 5.91 Å². The first kappa shape index (κ1) is 20.9. The average Bonchev–Trinajstić information content (AvgIpc) is 2.88. The highest BCUT2D eigenvalue weighted by Crippen LogP contribution is 2.39. The lowest BCUT2D eigenvalue weighted by atomic mass is 10.1. The highest BCUT2D eigenvalue weighted by atomic mass is 79.9. The van der Waals surface area contributed by atoms with Crippen molar-refractivity contribution in [3.8, 4) is 11.5 Å². The monoisotopic (exact) mass is 477 g/mol. The number of thiocarbonyl (C=S) groups is 1. The summed E-state index contributed by atoms with van der Waals surface area (Å²) >= 11 is 10.1. The van der Waals surface area contributed by atoms with Crippen LogP contribution in [0.1, 0.15) is 23.6 Å². The predicted octanol–water partition coefficient (Wildman–Crippen LogP) is 5.57. The molecule has 0 unspecified atom stereocenters. The number of halogens is 1. The number of carbonyl (C=O) groups is 1. The van der Waals surface area contributed by atoms with Gasteiger partial charge in [-0.15, -0.1) is 0 Å². The number of likely N-dealkylation sites (N-methyl/N-ethyl adjacent to an activating group) is 1. The van der Waals surface area contributed by atoms with Gasteiger partial charge in [-0.2, -0.15) is 0 Å². The number of nitrogens with zero attached hydrogens (tertiary/aromatic N) is 1. The first-order chi connectivity index (χ1) is 13.4. The summed E-state index contributed by atoms with van der Waals surface area (Å²) in [7, 11) is 1.68. The lowest BCUT2D eigenvalue weighted by molar-refractivity contribution is -0.121. The molecule has 2 aromatic rings. The van der Waals surface area contributed by atoms with Crippen molar-refractivity contribution in [3.63, 3.8) is 0 Å². The third kappa shape index (κ3) is 4.77. The summed E-state index contributed by atoms with van der Waals surface area (Å²) in [6.07, 6.45) is 1.82. The lowest BCUT2D eigenvalue weighted by Crippen LogP contribution is -2.22. The van der Waals surface area contributed by atoms with E-state index in [0.29, 0.717) is 33.9 Å². The zero-order valence-corrected chi connectivity index (χ0v) is 19.0. The molecule has 0 spiro atoms. The van der Waals surface area contributed by atoms with Crippen LogP contribution in [-0.4, -0.2) is 28.8 Å². The Bertz CT molecular complexity index is 959. The van der Waals surface area contributed by atoms with Crippen LogP contribution in [-0.2, 0) is 11.4 Å². The van der Waals surface area contributed by atoms with Gasteiger partial charge in [-0.3, -0.25) is 9.69 Å². The van der Waals surface area contributed by atoms with Crippen LogP contribution in [0.4, 0.5) is 0 Å². The van der Waals surface area contributed by atoms with Crippen molar-refractivity contribution < 1.29 is 14.3 Å². The molecule has 0 atom stereocenters. The maximum Gasteiger partial charge on any atom is 0.265 e. The second-order valence-electron chi connectivity index (χ2n) is 6.28. The second-order valence-corrected chi connectivity index (χ2v) is 8.81. The second kappa shape index (κ2) is 9.11. The van der Waals surface area contributed by atoms with E-state index in [0.717, 1.165) is 15.6 Å². The number of carbonyl (C=O) groups excluding carboxylic acids is 1. The number of benzene rings is 2. The molecular formula is C21H20BrNO3S2. The maximum atomic E-state index is 12.3. The Kier molecular flexibility index (Phi) is 6.80. The molecule has 1 amide bonds. The summed E-state index contributed by atoms with van der Waals surface area (Å²) in [4.78, 5) is 14.3. The highest BCUT2D eigenvalue weighted by molar-refractivity contribution is 9.10. The van der Waals surface area contributed by atoms with E-state index in [9.17, 15) is 4.79 Å². The Morgan fingerprint density at radius 3 is 2.68 bits per heavy atom. The zero-order chi connectivity index (χ0) is 20.3. The van der Waals surface area contributed by atoms with Crippen molar-refractivity contribution in [1.82, 2.24) is 4.90 Å². The molecule has 4 nitrogen and oxygen atoms in total. The number of hydrogen-bond donors (Lipinski definition) is 0. The average molecular weight is 478 g/mol. The SMILES string of the molecule is CCOc1cc(/C=C2/SC(=S)N(C)C2=O)cc(Br)c1OCc1cccc(C)c1. The quantitative estimate of drug-likeness (QED) is 0.401. The van der Waals surface area contributed by atoms with Gasteiger partial charge >= 0.3 is 0 Å². The first-order valence-electron chi connectivity index (χ1n) is 8.75. The van der Waals surface area contributed by atoms with Crippen molar-refractivity contribution in [3.05, 3.63) is 62.5 Å². The van der Waals surface area contributed by atoms with Crippen molar-refractivity contribution in [2.75, 3.05) is 13.7 Å². The van der Waals surface area contributed by atoms with Crippen LogP contribution in [0.3, 0.4) is 0 Å². The van der Waals surface area contributed by atoms with Gasteiger partial charge in [-0.1, -0.05) is 53.8 Å². The van der Waals surface area contributed by atoms with Gasteiger partial charge in [0.1, 0.15) is 10.9 Å². The van der Waals surface area contributed by atoms with Crippen LogP contribution in [0.2, 0.25) is 0 Å². The van der Waals surface area contributed by atoms with Gasteiger partial charge in [0, 0.05) is 7.05 Å². The number of ether oxygens (including phenoxy) is 2. The van der Waals surface area contributed by atoms with Crippen molar-refractivity contribution in [2.45, 2.75) is 20.5 Å². The number of thioether (sulfide) groups is 1. The normalized spacial score (nSPS) is 15.4. The van der Waals surface area contributed by atoms with Crippen molar-refractivity contribution >= 4 is 56.2 Å². The Labute approximate surface area is 183 Å². The molecule has 0 radical (unpaired) electrons. The molecule has 1 saturated heterocycles. The highest BCUT2D eigenvalue weighted by Gasteiger charge is 2.28. The van der Waals surface area contributed by atoms with Gasteiger partial charge in [-0.05, 0) is 59.1 Å². The van der Waals surface area contributed by atoms with Crippen LogP contribution in [0.15, 0.2) is 45.8 Å². The topological polar surface area (TPSA) is 38.8 Å². The number of aryl methyl sites for hydroxylation is 1. The fourth-order valence-electron chi connectivity index (χ4n) is 2.73. The summed E-state index contributed by atoms with van der Waals surface area (Å²) < 4.78 is 13.2. The fraction of sp³-hybridized carbons (Fsp3) is 0.238. The summed E-state index contributed by atoms with van der Waals surface area (Å²) in [5.74, 6) is 1.18. The van der Waals surface area contributed by atoms with E-state index in [4.69, 9.17) is 21.7 Å². The van der Waals surface area contributed by atoms with E-state index in [1.807, 2.05) is 37.3 Å². The minimum Gasteiger partial charge on any atom is -0.490 e. The molecule has 2 aromatic carbocycles. The van der Waals surface area contributed by atoms with Gasteiger partial charge < -0.3 is 9.47 Å². The minimum absolute atomic E-state index is 0.0937. The van der Waals surface area contributed by atoms with Gasteiger partial charge in [0.05, 0.1) is 16.0 Å². The fourth-order valence-corrected chi connectivity index (χ4v) is 4.48. The van der Waals surface area contributed by atoms with Crippen molar-refractivity contribution in [2.24, 2.45) is 0 Å². The van der Waals surface area contributed by atoms with Gasteiger partial charge in [-0.25, -0.2) is 0 Å². The Balaban J connectivity index is 1.88. The first-order valence-corrected chi connectivity index (χ1v) is 10.8. The van der Waals surface area contributed by atoms with Crippen LogP contribution in [0, 0.1) is 6.92 Å². The van der Waals surface area contributed by atoms with Crippen LogP contribution < -0.4 is 9.47 Å². The standard InChI is InChI=1S/C21H20BrNO3S2/c1-4-25-17-10-15(11-18-20(24)23(3)21(27)28-18)9-16(22)19(17)26-12-14-7-5-6-13(2)8-14/h5-11H,4,12H2,1-3H3/b18-11+. The molecule has 0 bridgehead atoms. The van der Waals surface area contributed by atoms with Crippen LogP contribution >= 0.6 is 39.9 Å². The van der Waals surface area contributed by atoms with Gasteiger partial charge in [0.2, 0.25) is 0 Å². The Morgan fingerprint density at radius 2 is 2.04 bits per heavy atom. The maximum absolute atomic E-state index is 12.3. The molecular weight excluding hydrogens is 458 g/mol. The molecule has 1 fully saturated rings. The summed E-state index contributed by atoms with van der Waals surface area (Å²) in [6.45, 7) is 4.92. The summed E-state index contributed by atoms with van der Waals surface area (Å²) in [5, 5.41) is 0. The molecule has 146 valence electrons. The molecule has 3 rings (SSSR count). The molecule has 1 aliphatic heterocycles. The summed E-state index contributed by atoms with van der Waals surface area (Å²) in [6, 6.07) is 12.0. The van der Waals surface area contributed by atoms with Crippen LogP contribution in [0.25, 0.3) is 6.08 Å². The Morgan fingerprint density at radius 1 is 1.25 bits per heavy atom. The molecule has 1 aliphatic rings. The van der Waals surface area contributed by atoms with E-state index in [2.05, 4.69) is 35.0 Å². The number of hydrogen-bond acceptors (Lipinski definition) is 5. The molecule has 28 heavy (non-hydrogen) atoms. The Hall–Kier alpha value is -1.83. The lowest BCUT2D eigenvalue weighted by Gasteiger charge is -2.15. The van der Waals surface area contributed by atoms with E-state index in [-0.39, 0.29) is 5.91 Å². The van der Waals surface area contributed by atoms with Crippen LogP contribution in [0.5, 0.6) is 11.5 Å². The van der Waals surface area contributed by atoms with E-state index >= 15 is 0 Å². The predicted molar refractivity (Wildman–Crippen MR) is 122 cm³/mol. The zero-order valence-electron chi connectivity index (χ0n) is 15.8. The van der Waals surface area contributed by atoms with Crippen molar-refractivity contribution in [1.29, 1.82) is 0 Å². The largest absolute Gasteiger partial charge is 0.490 e. The summed E-state index contributed by atoms with van der Waals surface area (Å²) in [5.41, 5.74) is 3.12. The van der Waals surface area contributed by atoms with E-state index in [1.54, 1.807) is 7.05 Å². The molecule has 0 saturated carbocycles. The van der Waals surface area contributed by atoms with E-state index < -0.39 is 0 Å². The smallest absolute Gasteiger partial charge is 0.265 e.